The van der Waals surface area contributed by atoms with Crippen molar-refractivity contribution in [1.29, 1.82) is 0 Å². The van der Waals surface area contributed by atoms with Gasteiger partial charge in [0.15, 0.2) is 6.61 Å². The van der Waals surface area contributed by atoms with E-state index in [1.54, 1.807) is 63.2 Å². The third-order valence-corrected chi connectivity index (χ3v) is 3.56. The molecule has 6 heteroatoms. The van der Waals surface area contributed by atoms with Crippen molar-refractivity contribution in [3.63, 3.8) is 0 Å². The quantitative estimate of drug-likeness (QED) is 0.774. The highest BCUT2D eigenvalue weighted by atomic mass is 35.5. The Kier molecular flexibility index (Phi) is 6.27. The number of nitrogens with one attached hydrogen (secondary N) is 1. The first-order valence-electron chi connectivity index (χ1n) is 8.16. The summed E-state index contributed by atoms with van der Waals surface area (Å²) in [6.45, 7) is 7.06. The van der Waals surface area contributed by atoms with E-state index in [0.29, 0.717) is 22.0 Å². The zero-order valence-corrected chi connectivity index (χ0v) is 16.0. The van der Waals surface area contributed by atoms with Crippen molar-refractivity contribution in [2.24, 2.45) is 0 Å². The van der Waals surface area contributed by atoms with Crippen molar-refractivity contribution in [3.05, 3.63) is 58.6 Å². The SMILES string of the molecule is Cc1cc(Cl)ccc1NC(=O)c1ccc(OCC(=O)OC(C)(C)C)cc1. The smallest absolute Gasteiger partial charge is 0.344 e. The lowest BCUT2D eigenvalue weighted by Gasteiger charge is -2.19. The van der Waals surface area contributed by atoms with Crippen LogP contribution in [0, 0.1) is 6.92 Å². The third-order valence-electron chi connectivity index (χ3n) is 3.33. The van der Waals surface area contributed by atoms with Gasteiger partial charge in [-0.1, -0.05) is 11.6 Å². The van der Waals surface area contributed by atoms with Crippen LogP contribution in [-0.2, 0) is 9.53 Å². The van der Waals surface area contributed by atoms with Crippen LogP contribution in [0.4, 0.5) is 5.69 Å². The fourth-order valence-corrected chi connectivity index (χ4v) is 2.40. The van der Waals surface area contributed by atoms with Crippen LogP contribution in [0.3, 0.4) is 0 Å². The minimum absolute atomic E-state index is 0.188. The van der Waals surface area contributed by atoms with Gasteiger partial charge in [0.25, 0.3) is 5.91 Å². The Bertz CT molecular complexity index is 794. The fourth-order valence-electron chi connectivity index (χ4n) is 2.18. The molecule has 2 aromatic carbocycles. The lowest BCUT2D eigenvalue weighted by Crippen LogP contribution is -2.27. The number of aryl methyl sites for hydroxylation is 1. The summed E-state index contributed by atoms with van der Waals surface area (Å²) in [5.74, 6) is -0.207. The molecular weight excluding hydrogens is 354 g/mol. The van der Waals surface area contributed by atoms with Crippen molar-refractivity contribution in [3.8, 4) is 5.75 Å². The Labute approximate surface area is 158 Å². The molecular formula is C20H22ClNO4. The largest absolute Gasteiger partial charge is 0.482 e. The molecule has 0 atom stereocenters. The van der Waals surface area contributed by atoms with Gasteiger partial charge < -0.3 is 14.8 Å². The van der Waals surface area contributed by atoms with Gasteiger partial charge in [0.2, 0.25) is 0 Å². The molecule has 0 radical (unpaired) electrons. The number of carbonyl (C=O) groups is 2. The summed E-state index contributed by atoms with van der Waals surface area (Å²) in [6.07, 6.45) is 0. The van der Waals surface area contributed by atoms with Crippen LogP contribution in [0.25, 0.3) is 0 Å². The molecule has 1 amide bonds. The highest BCUT2D eigenvalue weighted by Gasteiger charge is 2.16. The molecule has 5 nitrogen and oxygen atoms in total. The van der Waals surface area contributed by atoms with E-state index >= 15 is 0 Å². The topological polar surface area (TPSA) is 64.6 Å². The van der Waals surface area contributed by atoms with Gasteiger partial charge in [-0.2, -0.15) is 0 Å². The predicted molar refractivity (Wildman–Crippen MR) is 102 cm³/mol. The normalized spacial score (nSPS) is 11.0. The van der Waals surface area contributed by atoms with E-state index in [1.165, 1.54) is 0 Å². The molecule has 0 heterocycles. The lowest BCUT2D eigenvalue weighted by molar-refractivity contribution is -0.157. The number of ether oxygens (including phenoxy) is 2. The first-order valence-corrected chi connectivity index (χ1v) is 8.54. The standard InChI is InChI=1S/C20H22ClNO4/c1-13-11-15(21)7-10-17(13)22-19(24)14-5-8-16(9-6-14)25-12-18(23)26-20(2,3)4/h5-11H,12H2,1-4H3,(H,22,24). The van der Waals surface area contributed by atoms with Crippen molar-refractivity contribution in [2.75, 3.05) is 11.9 Å². The van der Waals surface area contributed by atoms with Crippen LogP contribution in [0.5, 0.6) is 5.75 Å². The summed E-state index contributed by atoms with van der Waals surface area (Å²) >= 11 is 5.92. The molecule has 0 spiro atoms. The van der Waals surface area contributed by atoms with Gasteiger partial charge in [-0.05, 0) is 75.7 Å². The minimum Gasteiger partial charge on any atom is -0.482 e. The predicted octanol–water partition coefficient (Wildman–Crippen LogP) is 4.62. The molecule has 0 saturated heterocycles. The lowest BCUT2D eigenvalue weighted by atomic mass is 10.1. The zero-order chi connectivity index (χ0) is 19.3. The molecule has 0 aromatic heterocycles. The number of rotatable bonds is 5. The summed E-state index contributed by atoms with van der Waals surface area (Å²) in [7, 11) is 0. The van der Waals surface area contributed by atoms with E-state index in [-0.39, 0.29) is 12.5 Å². The van der Waals surface area contributed by atoms with E-state index in [2.05, 4.69) is 5.32 Å². The Balaban J connectivity index is 1.94. The summed E-state index contributed by atoms with van der Waals surface area (Å²) in [6, 6.07) is 11.8. The van der Waals surface area contributed by atoms with Crippen LogP contribution in [0.2, 0.25) is 5.02 Å². The first kappa shape index (κ1) is 19.8. The molecule has 0 saturated carbocycles. The van der Waals surface area contributed by atoms with E-state index in [4.69, 9.17) is 21.1 Å². The molecule has 0 unspecified atom stereocenters. The van der Waals surface area contributed by atoms with Crippen molar-refractivity contribution in [2.45, 2.75) is 33.3 Å². The molecule has 1 N–H and O–H groups in total. The number of benzene rings is 2. The van der Waals surface area contributed by atoms with E-state index in [9.17, 15) is 9.59 Å². The van der Waals surface area contributed by atoms with Gasteiger partial charge >= 0.3 is 5.97 Å². The Morgan fingerprint density at radius 2 is 1.73 bits per heavy atom. The second-order valence-electron chi connectivity index (χ2n) is 6.81. The Morgan fingerprint density at radius 3 is 2.31 bits per heavy atom. The van der Waals surface area contributed by atoms with Crippen molar-refractivity contribution >= 4 is 29.2 Å². The van der Waals surface area contributed by atoms with Crippen LogP contribution in [-0.4, -0.2) is 24.1 Å². The number of amides is 1. The van der Waals surface area contributed by atoms with Gasteiger partial charge in [0.05, 0.1) is 0 Å². The molecule has 0 aliphatic rings. The maximum atomic E-state index is 12.3. The van der Waals surface area contributed by atoms with Gasteiger partial charge in [0, 0.05) is 16.3 Å². The van der Waals surface area contributed by atoms with E-state index in [1.807, 2.05) is 6.92 Å². The maximum Gasteiger partial charge on any atom is 0.344 e. The molecule has 0 aliphatic heterocycles. The Morgan fingerprint density at radius 1 is 1.08 bits per heavy atom. The highest BCUT2D eigenvalue weighted by molar-refractivity contribution is 6.30. The number of esters is 1. The minimum atomic E-state index is -0.553. The van der Waals surface area contributed by atoms with Crippen LogP contribution in [0.15, 0.2) is 42.5 Å². The number of carbonyl (C=O) groups excluding carboxylic acids is 2. The highest BCUT2D eigenvalue weighted by Crippen LogP contribution is 2.21. The first-order chi connectivity index (χ1) is 12.1. The van der Waals surface area contributed by atoms with Gasteiger partial charge in [-0.3, -0.25) is 4.79 Å². The van der Waals surface area contributed by atoms with E-state index < -0.39 is 11.6 Å². The van der Waals surface area contributed by atoms with Gasteiger partial charge in [0.1, 0.15) is 11.4 Å². The number of hydrogen-bond acceptors (Lipinski definition) is 4. The average molecular weight is 376 g/mol. The molecule has 2 rings (SSSR count). The van der Waals surface area contributed by atoms with Gasteiger partial charge in [-0.15, -0.1) is 0 Å². The summed E-state index contributed by atoms with van der Waals surface area (Å²) in [4.78, 5) is 24.0. The molecule has 2 aromatic rings. The molecule has 0 bridgehead atoms. The molecule has 138 valence electrons. The Hall–Kier alpha value is -2.53. The summed E-state index contributed by atoms with van der Waals surface area (Å²) in [5, 5.41) is 3.45. The number of halogens is 1. The molecule has 0 aliphatic carbocycles. The van der Waals surface area contributed by atoms with Crippen molar-refractivity contribution < 1.29 is 19.1 Å². The summed E-state index contributed by atoms with van der Waals surface area (Å²) in [5.41, 5.74) is 1.50. The second-order valence-corrected chi connectivity index (χ2v) is 7.25. The van der Waals surface area contributed by atoms with Crippen LogP contribution < -0.4 is 10.1 Å². The summed E-state index contributed by atoms with van der Waals surface area (Å²) < 4.78 is 10.5. The third kappa shape index (κ3) is 6.08. The van der Waals surface area contributed by atoms with Gasteiger partial charge in [-0.25, -0.2) is 4.79 Å². The van der Waals surface area contributed by atoms with Crippen molar-refractivity contribution in [1.82, 2.24) is 0 Å². The fraction of sp³-hybridized carbons (Fsp3) is 0.300. The van der Waals surface area contributed by atoms with Crippen LogP contribution in [0.1, 0.15) is 36.7 Å². The number of anilines is 1. The maximum absolute atomic E-state index is 12.3. The van der Waals surface area contributed by atoms with E-state index in [0.717, 1.165) is 5.56 Å². The average Bonchev–Trinajstić information content (AvgIpc) is 2.54. The molecule has 26 heavy (non-hydrogen) atoms. The monoisotopic (exact) mass is 375 g/mol. The second kappa shape index (κ2) is 8.23. The van der Waals surface area contributed by atoms with Crippen LogP contribution >= 0.6 is 11.6 Å². The number of hydrogen-bond donors (Lipinski definition) is 1. The molecule has 0 fully saturated rings. The zero-order valence-electron chi connectivity index (χ0n) is 15.3.